The Morgan fingerprint density at radius 3 is 2.83 bits per heavy atom. The third-order valence-electron chi connectivity index (χ3n) is 4.47. The highest BCUT2D eigenvalue weighted by Crippen LogP contribution is 2.24. The minimum Gasteiger partial charge on any atom is -0.370 e. The molecule has 1 fully saturated rings. The summed E-state index contributed by atoms with van der Waals surface area (Å²) in [7, 11) is 0. The third-order valence-corrected chi connectivity index (χ3v) is 4.47. The summed E-state index contributed by atoms with van der Waals surface area (Å²) < 4.78 is 1.71. The van der Waals surface area contributed by atoms with E-state index in [9.17, 15) is 4.79 Å². The Bertz CT molecular complexity index is 712. The largest absolute Gasteiger partial charge is 0.370 e. The van der Waals surface area contributed by atoms with Gasteiger partial charge in [-0.25, -0.2) is 4.98 Å². The topological polar surface area (TPSA) is 75.6 Å². The van der Waals surface area contributed by atoms with E-state index in [0.29, 0.717) is 5.95 Å². The first-order valence-corrected chi connectivity index (χ1v) is 8.57. The molecule has 6 heteroatoms. The van der Waals surface area contributed by atoms with Crippen LogP contribution in [0.3, 0.4) is 0 Å². The molecule has 1 saturated carbocycles. The van der Waals surface area contributed by atoms with Crippen molar-refractivity contribution in [1.29, 1.82) is 0 Å². The molecule has 2 heterocycles. The molecule has 2 N–H and O–H groups in total. The predicted molar refractivity (Wildman–Crippen MR) is 91.2 cm³/mol. The predicted octanol–water partition coefficient (Wildman–Crippen LogP) is 2.82. The lowest BCUT2D eigenvalue weighted by atomic mass is 9.89. The van der Waals surface area contributed by atoms with Crippen LogP contribution in [-0.4, -0.2) is 26.3 Å². The second-order valence-electron chi connectivity index (χ2n) is 6.38. The maximum atomic E-state index is 11.8. The number of anilines is 1. The average Bonchev–Trinajstić information content (AvgIpc) is 2.94. The van der Waals surface area contributed by atoms with Crippen LogP contribution in [0.1, 0.15) is 50.4 Å². The molecule has 3 rings (SSSR count). The molecule has 0 unspecified atom stereocenters. The monoisotopic (exact) mass is 315 g/mol. The molecular formula is C17H25N5O. The van der Waals surface area contributed by atoms with Crippen LogP contribution in [0, 0.1) is 12.8 Å². The maximum absolute atomic E-state index is 11.8. The van der Waals surface area contributed by atoms with Crippen LogP contribution in [0.15, 0.2) is 16.9 Å². The summed E-state index contributed by atoms with van der Waals surface area (Å²) in [4.78, 5) is 19.1. The number of hydrogen-bond donors (Lipinski definition) is 2. The Morgan fingerprint density at radius 2 is 2.09 bits per heavy atom. The number of nitrogens with zero attached hydrogens (tertiary/aromatic N) is 3. The summed E-state index contributed by atoms with van der Waals surface area (Å²) >= 11 is 0. The van der Waals surface area contributed by atoms with E-state index in [2.05, 4.69) is 20.4 Å². The molecule has 0 radical (unpaired) electrons. The molecule has 2 aromatic rings. The zero-order valence-corrected chi connectivity index (χ0v) is 13.9. The van der Waals surface area contributed by atoms with E-state index in [4.69, 9.17) is 0 Å². The lowest BCUT2D eigenvalue weighted by Crippen LogP contribution is -2.20. The van der Waals surface area contributed by atoms with Gasteiger partial charge in [0, 0.05) is 24.4 Å². The standard InChI is InChI=1S/C17H25N5O/c1-3-14-10-16(23)20-17(19-14)22-15(9-12(2)21-22)18-11-13-7-5-4-6-8-13/h9-10,13,18H,3-8,11H2,1-2H3,(H,19,20,23). The van der Waals surface area contributed by atoms with Crippen LogP contribution in [0.4, 0.5) is 5.82 Å². The number of rotatable bonds is 5. The van der Waals surface area contributed by atoms with Gasteiger partial charge >= 0.3 is 0 Å². The Labute approximate surface area is 136 Å². The van der Waals surface area contributed by atoms with Gasteiger partial charge < -0.3 is 5.32 Å². The van der Waals surface area contributed by atoms with Gasteiger partial charge in [-0.2, -0.15) is 9.78 Å². The van der Waals surface area contributed by atoms with Crippen molar-refractivity contribution in [2.24, 2.45) is 5.92 Å². The molecule has 0 saturated heterocycles. The molecule has 0 aromatic carbocycles. The van der Waals surface area contributed by atoms with Crippen molar-refractivity contribution < 1.29 is 0 Å². The zero-order valence-electron chi connectivity index (χ0n) is 13.9. The summed E-state index contributed by atoms with van der Waals surface area (Å²) in [6.45, 7) is 4.88. The van der Waals surface area contributed by atoms with Crippen LogP contribution >= 0.6 is 0 Å². The van der Waals surface area contributed by atoms with Gasteiger partial charge in [-0.3, -0.25) is 9.78 Å². The van der Waals surface area contributed by atoms with Crippen molar-refractivity contribution in [2.45, 2.75) is 52.4 Å². The fourth-order valence-corrected chi connectivity index (χ4v) is 3.20. The highest BCUT2D eigenvalue weighted by atomic mass is 16.1. The van der Waals surface area contributed by atoms with Crippen LogP contribution in [-0.2, 0) is 6.42 Å². The molecule has 1 aliphatic carbocycles. The minimum atomic E-state index is -0.141. The summed E-state index contributed by atoms with van der Waals surface area (Å²) in [6.07, 6.45) is 7.33. The summed E-state index contributed by atoms with van der Waals surface area (Å²) in [6, 6.07) is 3.54. The number of aromatic nitrogens is 4. The first kappa shape index (κ1) is 15.8. The molecule has 0 amide bonds. The summed E-state index contributed by atoms with van der Waals surface area (Å²) in [5.74, 6) is 2.10. The molecule has 23 heavy (non-hydrogen) atoms. The van der Waals surface area contributed by atoms with E-state index >= 15 is 0 Å². The first-order chi connectivity index (χ1) is 11.2. The van der Waals surface area contributed by atoms with E-state index in [1.165, 1.54) is 38.2 Å². The van der Waals surface area contributed by atoms with Gasteiger partial charge in [0.2, 0.25) is 5.95 Å². The number of hydrogen-bond acceptors (Lipinski definition) is 4. The van der Waals surface area contributed by atoms with Gasteiger partial charge in [0.25, 0.3) is 5.56 Å². The second kappa shape index (κ2) is 6.98. The van der Waals surface area contributed by atoms with Gasteiger partial charge in [-0.1, -0.05) is 26.2 Å². The average molecular weight is 315 g/mol. The van der Waals surface area contributed by atoms with Crippen molar-refractivity contribution in [1.82, 2.24) is 19.7 Å². The molecule has 124 valence electrons. The number of H-pyrrole nitrogens is 1. The van der Waals surface area contributed by atoms with Crippen molar-refractivity contribution in [3.8, 4) is 5.95 Å². The number of nitrogens with one attached hydrogen (secondary N) is 2. The molecular weight excluding hydrogens is 290 g/mol. The Balaban J connectivity index is 1.82. The van der Waals surface area contributed by atoms with Crippen LogP contribution < -0.4 is 10.9 Å². The Morgan fingerprint density at radius 1 is 1.30 bits per heavy atom. The van der Waals surface area contributed by atoms with Crippen molar-refractivity contribution in [3.05, 3.63) is 33.9 Å². The zero-order chi connectivity index (χ0) is 16.2. The SMILES string of the molecule is CCc1cc(=O)[nH]c(-n2nc(C)cc2NCC2CCCCC2)n1. The molecule has 0 atom stereocenters. The molecule has 1 aliphatic rings. The fraction of sp³-hybridized carbons (Fsp3) is 0.588. The van der Waals surface area contributed by atoms with E-state index < -0.39 is 0 Å². The Kier molecular flexibility index (Phi) is 4.79. The Hall–Kier alpha value is -2.11. The van der Waals surface area contributed by atoms with E-state index in [1.807, 2.05) is 19.9 Å². The highest BCUT2D eigenvalue weighted by molar-refractivity contribution is 5.41. The third kappa shape index (κ3) is 3.81. The van der Waals surface area contributed by atoms with Crippen LogP contribution in [0.25, 0.3) is 5.95 Å². The van der Waals surface area contributed by atoms with Crippen LogP contribution in [0.2, 0.25) is 0 Å². The smallest absolute Gasteiger partial charge is 0.252 e. The molecule has 0 bridgehead atoms. The van der Waals surface area contributed by atoms with Gasteiger partial charge in [-0.05, 0) is 32.1 Å². The normalized spacial score (nSPS) is 15.7. The fourth-order valence-electron chi connectivity index (χ4n) is 3.20. The quantitative estimate of drug-likeness (QED) is 0.889. The highest BCUT2D eigenvalue weighted by Gasteiger charge is 2.15. The van der Waals surface area contributed by atoms with E-state index in [-0.39, 0.29) is 5.56 Å². The molecule has 2 aromatic heterocycles. The number of aryl methyl sites for hydroxylation is 2. The van der Waals surface area contributed by atoms with Crippen molar-refractivity contribution in [2.75, 3.05) is 11.9 Å². The minimum absolute atomic E-state index is 0.141. The van der Waals surface area contributed by atoms with Gasteiger partial charge in [0.05, 0.1) is 5.69 Å². The lowest BCUT2D eigenvalue weighted by molar-refractivity contribution is 0.373. The van der Waals surface area contributed by atoms with E-state index in [0.717, 1.165) is 36.1 Å². The number of aromatic amines is 1. The second-order valence-corrected chi connectivity index (χ2v) is 6.38. The van der Waals surface area contributed by atoms with Gasteiger partial charge in [0.1, 0.15) is 5.82 Å². The molecule has 0 aliphatic heterocycles. The molecule has 6 nitrogen and oxygen atoms in total. The van der Waals surface area contributed by atoms with Crippen LogP contribution in [0.5, 0.6) is 0 Å². The maximum Gasteiger partial charge on any atom is 0.252 e. The van der Waals surface area contributed by atoms with Crippen molar-refractivity contribution in [3.63, 3.8) is 0 Å². The molecule has 0 spiro atoms. The van der Waals surface area contributed by atoms with Crippen molar-refractivity contribution >= 4 is 5.82 Å². The van der Waals surface area contributed by atoms with Gasteiger partial charge in [-0.15, -0.1) is 0 Å². The summed E-state index contributed by atoms with van der Waals surface area (Å²) in [5.41, 5.74) is 1.54. The van der Waals surface area contributed by atoms with E-state index in [1.54, 1.807) is 4.68 Å². The summed E-state index contributed by atoms with van der Waals surface area (Å²) in [5, 5.41) is 7.98. The van der Waals surface area contributed by atoms with Gasteiger partial charge in [0.15, 0.2) is 0 Å². The lowest BCUT2D eigenvalue weighted by Gasteiger charge is -2.22. The first-order valence-electron chi connectivity index (χ1n) is 8.57.